The number of hydrogen-bond acceptors (Lipinski definition) is 2. The van der Waals surface area contributed by atoms with E-state index in [1.165, 1.54) is 17.5 Å². The maximum absolute atomic E-state index is 3.40. The zero-order valence-corrected chi connectivity index (χ0v) is 11.5. The van der Waals surface area contributed by atoms with Crippen molar-refractivity contribution in [1.29, 1.82) is 0 Å². The van der Waals surface area contributed by atoms with Gasteiger partial charge in [-0.2, -0.15) is 0 Å². The summed E-state index contributed by atoms with van der Waals surface area (Å²) in [5.41, 5.74) is 3.06. The number of hydrogen-bond donors (Lipinski definition) is 1. The van der Waals surface area contributed by atoms with Crippen LogP contribution in [0, 0.1) is 6.92 Å². The SMILES string of the molecule is CNC1CN(Cc2ccc(C)cc2)C(C)(C)C1. The predicted octanol–water partition coefficient (Wildman–Crippen LogP) is 2.57. The van der Waals surface area contributed by atoms with Crippen LogP contribution >= 0.6 is 0 Å². The number of rotatable bonds is 3. The van der Waals surface area contributed by atoms with E-state index in [4.69, 9.17) is 0 Å². The van der Waals surface area contributed by atoms with Crippen LogP contribution in [0.1, 0.15) is 31.4 Å². The summed E-state index contributed by atoms with van der Waals surface area (Å²) in [5.74, 6) is 0. The van der Waals surface area contributed by atoms with Crippen LogP contribution in [0.5, 0.6) is 0 Å². The molecule has 2 heteroatoms. The third-order valence-corrected chi connectivity index (χ3v) is 3.95. The topological polar surface area (TPSA) is 15.3 Å². The summed E-state index contributed by atoms with van der Waals surface area (Å²) in [5, 5.41) is 3.40. The van der Waals surface area contributed by atoms with Crippen LogP contribution in [-0.4, -0.2) is 30.1 Å². The number of aryl methyl sites for hydroxylation is 1. The monoisotopic (exact) mass is 232 g/mol. The molecule has 1 aliphatic heterocycles. The Morgan fingerprint density at radius 1 is 1.29 bits per heavy atom. The number of nitrogens with zero attached hydrogens (tertiary/aromatic N) is 1. The average molecular weight is 232 g/mol. The van der Waals surface area contributed by atoms with Crippen LogP contribution in [0.3, 0.4) is 0 Å². The van der Waals surface area contributed by atoms with Crippen molar-refractivity contribution >= 4 is 0 Å². The average Bonchev–Trinajstić information content (AvgIpc) is 2.57. The van der Waals surface area contributed by atoms with Gasteiger partial charge in [0, 0.05) is 24.7 Å². The molecule has 2 nitrogen and oxygen atoms in total. The zero-order chi connectivity index (χ0) is 12.5. The Kier molecular flexibility index (Phi) is 3.55. The quantitative estimate of drug-likeness (QED) is 0.861. The molecule has 0 saturated carbocycles. The molecule has 0 spiro atoms. The molecule has 1 fully saturated rings. The summed E-state index contributed by atoms with van der Waals surface area (Å²) in [6.45, 7) is 9.04. The minimum atomic E-state index is 0.304. The van der Waals surface area contributed by atoms with Crippen molar-refractivity contribution in [3.63, 3.8) is 0 Å². The van der Waals surface area contributed by atoms with Gasteiger partial charge in [0.2, 0.25) is 0 Å². The smallest absolute Gasteiger partial charge is 0.0239 e. The molecular formula is C15H24N2. The number of benzene rings is 1. The molecule has 1 atom stereocenters. The van der Waals surface area contributed by atoms with Crippen LogP contribution < -0.4 is 5.32 Å². The largest absolute Gasteiger partial charge is 0.316 e. The lowest BCUT2D eigenvalue weighted by Gasteiger charge is -2.31. The van der Waals surface area contributed by atoms with E-state index in [0.717, 1.165) is 13.1 Å². The maximum Gasteiger partial charge on any atom is 0.0239 e. The van der Waals surface area contributed by atoms with Gasteiger partial charge >= 0.3 is 0 Å². The van der Waals surface area contributed by atoms with Crippen molar-refractivity contribution in [2.75, 3.05) is 13.6 Å². The molecule has 1 aromatic rings. The Morgan fingerprint density at radius 3 is 2.47 bits per heavy atom. The van der Waals surface area contributed by atoms with Gasteiger partial charge in [-0.05, 0) is 39.8 Å². The summed E-state index contributed by atoms with van der Waals surface area (Å²) >= 11 is 0. The lowest BCUT2D eigenvalue weighted by molar-refractivity contribution is 0.166. The second-order valence-corrected chi connectivity index (χ2v) is 5.87. The molecule has 1 aliphatic rings. The highest BCUT2D eigenvalue weighted by atomic mass is 15.2. The Morgan fingerprint density at radius 2 is 1.94 bits per heavy atom. The number of likely N-dealkylation sites (N-methyl/N-ethyl adjacent to an activating group) is 1. The predicted molar refractivity (Wildman–Crippen MR) is 73.1 cm³/mol. The molecule has 0 radical (unpaired) electrons. The molecular weight excluding hydrogens is 208 g/mol. The van der Waals surface area contributed by atoms with E-state index in [9.17, 15) is 0 Å². The fourth-order valence-corrected chi connectivity index (χ4v) is 2.70. The van der Waals surface area contributed by atoms with Crippen LogP contribution in [-0.2, 0) is 6.54 Å². The first-order valence-corrected chi connectivity index (χ1v) is 6.49. The first kappa shape index (κ1) is 12.6. The van der Waals surface area contributed by atoms with E-state index >= 15 is 0 Å². The van der Waals surface area contributed by atoms with Gasteiger partial charge in [-0.15, -0.1) is 0 Å². The molecule has 1 unspecified atom stereocenters. The summed E-state index contributed by atoms with van der Waals surface area (Å²) in [7, 11) is 2.07. The van der Waals surface area contributed by atoms with Gasteiger partial charge in [0.1, 0.15) is 0 Å². The molecule has 0 amide bonds. The van der Waals surface area contributed by atoms with Crippen LogP contribution in [0.15, 0.2) is 24.3 Å². The second-order valence-electron chi connectivity index (χ2n) is 5.87. The van der Waals surface area contributed by atoms with Crippen molar-refractivity contribution in [2.24, 2.45) is 0 Å². The first-order valence-electron chi connectivity index (χ1n) is 6.49. The van der Waals surface area contributed by atoms with Crippen molar-refractivity contribution in [3.8, 4) is 0 Å². The normalized spacial score (nSPS) is 24.1. The van der Waals surface area contributed by atoms with Crippen molar-refractivity contribution < 1.29 is 0 Å². The van der Waals surface area contributed by atoms with Crippen molar-refractivity contribution in [3.05, 3.63) is 35.4 Å². The molecule has 1 heterocycles. The molecule has 1 N–H and O–H groups in total. The second kappa shape index (κ2) is 4.79. The lowest BCUT2D eigenvalue weighted by Crippen LogP contribution is -2.37. The Labute approximate surface area is 105 Å². The Bertz CT molecular complexity index is 367. The van der Waals surface area contributed by atoms with Gasteiger partial charge in [0.15, 0.2) is 0 Å². The Hall–Kier alpha value is -0.860. The van der Waals surface area contributed by atoms with Gasteiger partial charge < -0.3 is 5.32 Å². The van der Waals surface area contributed by atoms with Crippen LogP contribution in [0.2, 0.25) is 0 Å². The molecule has 0 bridgehead atoms. The summed E-state index contributed by atoms with van der Waals surface area (Å²) in [6, 6.07) is 9.54. The maximum atomic E-state index is 3.40. The van der Waals surface area contributed by atoms with Gasteiger partial charge in [0.25, 0.3) is 0 Å². The third-order valence-electron chi connectivity index (χ3n) is 3.95. The fraction of sp³-hybridized carbons (Fsp3) is 0.600. The molecule has 1 saturated heterocycles. The fourth-order valence-electron chi connectivity index (χ4n) is 2.70. The molecule has 1 aromatic carbocycles. The van der Waals surface area contributed by atoms with Crippen molar-refractivity contribution in [2.45, 2.75) is 45.3 Å². The lowest BCUT2D eigenvalue weighted by atomic mass is 10.00. The molecule has 0 aromatic heterocycles. The van der Waals surface area contributed by atoms with Gasteiger partial charge in [0.05, 0.1) is 0 Å². The molecule has 17 heavy (non-hydrogen) atoms. The van der Waals surface area contributed by atoms with E-state index in [1.54, 1.807) is 0 Å². The zero-order valence-electron chi connectivity index (χ0n) is 11.5. The number of nitrogens with one attached hydrogen (secondary N) is 1. The minimum absolute atomic E-state index is 0.304. The molecule has 2 rings (SSSR count). The van der Waals surface area contributed by atoms with E-state index in [-0.39, 0.29) is 0 Å². The highest BCUT2D eigenvalue weighted by Gasteiger charge is 2.37. The van der Waals surface area contributed by atoms with Crippen LogP contribution in [0.4, 0.5) is 0 Å². The van der Waals surface area contributed by atoms with E-state index in [0.29, 0.717) is 11.6 Å². The first-order chi connectivity index (χ1) is 8.01. The minimum Gasteiger partial charge on any atom is -0.316 e. The summed E-state index contributed by atoms with van der Waals surface area (Å²) in [4.78, 5) is 2.58. The highest BCUT2D eigenvalue weighted by molar-refractivity contribution is 5.21. The van der Waals surface area contributed by atoms with E-state index in [1.807, 2.05) is 0 Å². The standard InChI is InChI=1S/C15H24N2/c1-12-5-7-13(8-6-12)10-17-11-14(16-4)9-15(17,2)3/h5-8,14,16H,9-11H2,1-4H3. The molecule has 0 aliphatic carbocycles. The summed E-state index contributed by atoms with van der Waals surface area (Å²) < 4.78 is 0. The molecule has 94 valence electrons. The summed E-state index contributed by atoms with van der Waals surface area (Å²) in [6.07, 6.45) is 1.23. The highest BCUT2D eigenvalue weighted by Crippen LogP contribution is 2.30. The number of likely N-dealkylation sites (tertiary alicyclic amines) is 1. The Balaban J connectivity index is 2.05. The van der Waals surface area contributed by atoms with Gasteiger partial charge in [-0.3, -0.25) is 4.90 Å². The van der Waals surface area contributed by atoms with Gasteiger partial charge in [-0.25, -0.2) is 0 Å². The van der Waals surface area contributed by atoms with E-state index < -0.39 is 0 Å². The van der Waals surface area contributed by atoms with Crippen molar-refractivity contribution in [1.82, 2.24) is 10.2 Å². The van der Waals surface area contributed by atoms with E-state index in [2.05, 4.69) is 62.3 Å². The van der Waals surface area contributed by atoms with Gasteiger partial charge in [-0.1, -0.05) is 29.8 Å². The third kappa shape index (κ3) is 2.88. The van der Waals surface area contributed by atoms with Crippen LogP contribution in [0.25, 0.3) is 0 Å².